The Hall–Kier alpha value is -3.14. The number of carbonyl (C=O) groups excluding carboxylic acids is 1. The Bertz CT molecular complexity index is 815. The molecule has 0 saturated heterocycles. The van der Waals surface area contributed by atoms with Crippen LogP contribution in [0.15, 0.2) is 78.9 Å². The highest BCUT2D eigenvalue weighted by atomic mass is 19.1. The first-order valence-electron chi connectivity index (χ1n) is 8.15. The second kappa shape index (κ2) is 8.11. The van der Waals surface area contributed by atoms with Crippen LogP contribution < -0.4 is 10.6 Å². The molecule has 0 aliphatic carbocycles. The van der Waals surface area contributed by atoms with E-state index in [1.54, 1.807) is 12.1 Å². The lowest BCUT2D eigenvalue weighted by Gasteiger charge is -2.09. The molecule has 3 aromatic rings. The fraction of sp³-hybridized carbons (Fsp3) is 0.0952. The first kappa shape index (κ1) is 16.7. The van der Waals surface area contributed by atoms with Crippen LogP contribution in [0.2, 0.25) is 0 Å². The van der Waals surface area contributed by atoms with Gasteiger partial charge in [0.2, 0.25) is 5.91 Å². The van der Waals surface area contributed by atoms with Crippen molar-refractivity contribution in [3.8, 4) is 0 Å². The Morgan fingerprint density at radius 3 is 1.96 bits per heavy atom. The zero-order chi connectivity index (χ0) is 17.5. The minimum Gasteiger partial charge on any atom is -0.356 e. The number of amides is 1. The molecule has 3 nitrogen and oxygen atoms in total. The van der Waals surface area contributed by atoms with Gasteiger partial charge in [0.1, 0.15) is 5.82 Å². The SMILES string of the molecule is O=C(CCc1ccccc1)Nc1ccc(Nc2ccc(F)cc2)cc1. The molecule has 0 fully saturated rings. The Morgan fingerprint density at radius 1 is 0.760 bits per heavy atom. The Morgan fingerprint density at radius 2 is 1.32 bits per heavy atom. The van der Waals surface area contributed by atoms with Gasteiger partial charge in [0.25, 0.3) is 0 Å². The average Bonchev–Trinajstić information content (AvgIpc) is 2.64. The number of hydrogen-bond acceptors (Lipinski definition) is 2. The summed E-state index contributed by atoms with van der Waals surface area (Å²) in [6.45, 7) is 0. The highest BCUT2D eigenvalue weighted by Gasteiger charge is 2.03. The molecular weight excluding hydrogens is 315 g/mol. The summed E-state index contributed by atoms with van der Waals surface area (Å²) in [6, 6.07) is 23.5. The molecule has 1 amide bonds. The molecule has 0 bridgehead atoms. The van der Waals surface area contributed by atoms with Crippen LogP contribution in [0.1, 0.15) is 12.0 Å². The second-order valence-corrected chi connectivity index (χ2v) is 5.74. The molecule has 0 aromatic heterocycles. The average molecular weight is 334 g/mol. The maximum atomic E-state index is 12.9. The molecule has 0 radical (unpaired) electrons. The van der Waals surface area contributed by atoms with Gasteiger partial charge < -0.3 is 10.6 Å². The van der Waals surface area contributed by atoms with E-state index in [9.17, 15) is 9.18 Å². The highest BCUT2D eigenvalue weighted by molar-refractivity contribution is 5.91. The molecule has 0 spiro atoms. The van der Waals surface area contributed by atoms with Gasteiger partial charge in [-0.3, -0.25) is 4.79 Å². The van der Waals surface area contributed by atoms with E-state index >= 15 is 0 Å². The Kier molecular flexibility index (Phi) is 5.42. The van der Waals surface area contributed by atoms with E-state index in [2.05, 4.69) is 10.6 Å². The fourth-order valence-corrected chi connectivity index (χ4v) is 2.46. The minimum absolute atomic E-state index is 0.0110. The van der Waals surface area contributed by atoms with E-state index in [1.165, 1.54) is 12.1 Å². The zero-order valence-corrected chi connectivity index (χ0v) is 13.7. The number of nitrogens with one attached hydrogen (secondary N) is 2. The van der Waals surface area contributed by atoms with E-state index in [1.807, 2.05) is 54.6 Å². The second-order valence-electron chi connectivity index (χ2n) is 5.74. The molecule has 126 valence electrons. The predicted molar refractivity (Wildman–Crippen MR) is 99.5 cm³/mol. The van der Waals surface area contributed by atoms with Crippen molar-refractivity contribution < 1.29 is 9.18 Å². The Balaban J connectivity index is 1.51. The van der Waals surface area contributed by atoms with Crippen LogP contribution in [-0.2, 0) is 11.2 Å². The summed E-state index contributed by atoms with van der Waals surface area (Å²) in [6.07, 6.45) is 1.16. The van der Waals surface area contributed by atoms with Crippen molar-refractivity contribution in [2.24, 2.45) is 0 Å². The maximum Gasteiger partial charge on any atom is 0.224 e. The summed E-state index contributed by atoms with van der Waals surface area (Å²) in [5.41, 5.74) is 3.58. The molecule has 4 heteroatoms. The molecule has 0 aliphatic rings. The van der Waals surface area contributed by atoms with E-state index in [4.69, 9.17) is 0 Å². The van der Waals surface area contributed by atoms with Crippen LogP contribution in [0, 0.1) is 5.82 Å². The fourth-order valence-electron chi connectivity index (χ4n) is 2.46. The number of anilines is 3. The highest BCUT2D eigenvalue weighted by Crippen LogP contribution is 2.19. The summed E-state index contributed by atoms with van der Waals surface area (Å²) in [5, 5.41) is 6.07. The molecule has 0 unspecified atom stereocenters. The Labute approximate surface area is 146 Å². The molecule has 25 heavy (non-hydrogen) atoms. The summed E-state index contributed by atoms with van der Waals surface area (Å²) < 4.78 is 12.9. The van der Waals surface area contributed by atoms with Crippen LogP contribution in [0.5, 0.6) is 0 Å². The summed E-state index contributed by atoms with van der Waals surface area (Å²) in [4.78, 5) is 12.0. The minimum atomic E-state index is -0.265. The largest absolute Gasteiger partial charge is 0.356 e. The van der Waals surface area contributed by atoms with E-state index in [-0.39, 0.29) is 11.7 Å². The van der Waals surface area contributed by atoms with Crippen molar-refractivity contribution in [2.45, 2.75) is 12.8 Å². The first-order valence-corrected chi connectivity index (χ1v) is 8.15. The zero-order valence-electron chi connectivity index (χ0n) is 13.7. The third-order valence-corrected chi connectivity index (χ3v) is 3.79. The van der Waals surface area contributed by atoms with Gasteiger partial charge in [0.05, 0.1) is 0 Å². The molecule has 3 aromatic carbocycles. The van der Waals surface area contributed by atoms with Crippen molar-refractivity contribution in [3.05, 3.63) is 90.2 Å². The number of hydrogen-bond donors (Lipinski definition) is 2. The molecule has 0 atom stereocenters. The molecule has 2 N–H and O–H groups in total. The van der Waals surface area contributed by atoms with Crippen molar-refractivity contribution >= 4 is 23.0 Å². The third-order valence-electron chi connectivity index (χ3n) is 3.79. The smallest absolute Gasteiger partial charge is 0.224 e. The van der Waals surface area contributed by atoms with Gasteiger partial charge in [-0.15, -0.1) is 0 Å². The third kappa shape index (κ3) is 5.18. The summed E-state index contributed by atoms with van der Waals surface area (Å²) in [5.74, 6) is -0.276. The molecule has 0 saturated carbocycles. The predicted octanol–water partition coefficient (Wildman–Crippen LogP) is 5.14. The summed E-state index contributed by atoms with van der Waals surface area (Å²) >= 11 is 0. The lowest BCUT2D eigenvalue weighted by Crippen LogP contribution is -2.12. The van der Waals surface area contributed by atoms with Crippen LogP contribution in [0.3, 0.4) is 0 Å². The van der Waals surface area contributed by atoms with Crippen molar-refractivity contribution in [3.63, 3.8) is 0 Å². The van der Waals surface area contributed by atoms with Crippen LogP contribution in [0.25, 0.3) is 0 Å². The topological polar surface area (TPSA) is 41.1 Å². The standard InChI is InChI=1S/C21H19FN2O/c22-17-7-9-18(10-8-17)23-19-11-13-20(14-12-19)24-21(25)15-6-16-4-2-1-3-5-16/h1-5,7-14,23H,6,15H2,(H,24,25). The summed E-state index contributed by atoms with van der Waals surface area (Å²) in [7, 11) is 0. The maximum absolute atomic E-state index is 12.9. The van der Waals surface area contributed by atoms with Gasteiger partial charge in [-0.2, -0.15) is 0 Å². The van der Waals surface area contributed by atoms with Gasteiger partial charge >= 0.3 is 0 Å². The number of halogens is 1. The molecule has 3 rings (SSSR count). The molecule has 0 aliphatic heterocycles. The van der Waals surface area contributed by atoms with Crippen molar-refractivity contribution in [1.29, 1.82) is 0 Å². The first-order chi connectivity index (χ1) is 12.2. The van der Waals surface area contributed by atoms with Crippen LogP contribution in [-0.4, -0.2) is 5.91 Å². The number of aryl methyl sites for hydroxylation is 1. The van der Waals surface area contributed by atoms with Crippen molar-refractivity contribution in [2.75, 3.05) is 10.6 Å². The van der Waals surface area contributed by atoms with Crippen LogP contribution >= 0.6 is 0 Å². The number of rotatable bonds is 6. The van der Waals surface area contributed by atoms with Gasteiger partial charge in [0.15, 0.2) is 0 Å². The van der Waals surface area contributed by atoms with Gasteiger partial charge in [-0.1, -0.05) is 30.3 Å². The van der Waals surface area contributed by atoms with Gasteiger partial charge in [-0.25, -0.2) is 4.39 Å². The normalized spacial score (nSPS) is 10.3. The van der Waals surface area contributed by atoms with E-state index in [0.29, 0.717) is 6.42 Å². The molecular formula is C21H19FN2O. The lowest BCUT2D eigenvalue weighted by atomic mass is 10.1. The van der Waals surface area contributed by atoms with E-state index in [0.717, 1.165) is 29.0 Å². The number of carbonyl (C=O) groups is 1. The van der Waals surface area contributed by atoms with E-state index < -0.39 is 0 Å². The monoisotopic (exact) mass is 334 g/mol. The number of benzene rings is 3. The lowest BCUT2D eigenvalue weighted by molar-refractivity contribution is -0.116. The van der Waals surface area contributed by atoms with Crippen LogP contribution in [0.4, 0.5) is 21.5 Å². The van der Waals surface area contributed by atoms with Gasteiger partial charge in [0, 0.05) is 23.5 Å². The van der Waals surface area contributed by atoms with Gasteiger partial charge in [-0.05, 0) is 60.5 Å². The quantitative estimate of drug-likeness (QED) is 0.655. The van der Waals surface area contributed by atoms with Crippen molar-refractivity contribution in [1.82, 2.24) is 0 Å². The molecule has 0 heterocycles.